The van der Waals surface area contributed by atoms with Crippen LogP contribution in [0.3, 0.4) is 0 Å². The summed E-state index contributed by atoms with van der Waals surface area (Å²) in [6.45, 7) is 4.91. The molecule has 0 aliphatic heterocycles. The minimum Gasteiger partial charge on any atom is -0.496 e. The van der Waals surface area contributed by atoms with Crippen LogP contribution in [0.25, 0.3) is 0 Å². The van der Waals surface area contributed by atoms with Crippen LogP contribution in [-0.2, 0) is 6.54 Å². The Bertz CT molecular complexity index is 768. The number of benzene rings is 2. The average molecular weight is 396 g/mol. The second kappa shape index (κ2) is 9.67. The van der Waals surface area contributed by atoms with Crippen LogP contribution >= 0.6 is 23.2 Å². The van der Waals surface area contributed by atoms with Gasteiger partial charge in [-0.1, -0.05) is 42.3 Å². The van der Waals surface area contributed by atoms with Crippen molar-refractivity contribution in [2.45, 2.75) is 13.5 Å². The van der Waals surface area contributed by atoms with Crippen LogP contribution in [0.2, 0.25) is 10.0 Å². The van der Waals surface area contributed by atoms with Crippen molar-refractivity contribution in [1.29, 1.82) is 0 Å². The van der Waals surface area contributed by atoms with Crippen molar-refractivity contribution >= 4 is 34.8 Å². The maximum Gasteiger partial charge on any atom is 0.255 e. The van der Waals surface area contributed by atoms with Gasteiger partial charge in [0.25, 0.3) is 5.91 Å². The predicted molar refractivity (Wildman–Crippen MR) is 107 cm³/mol. The Morgan fingerprint density at radius 1 is 1.27 bits per heavy atom. The van der Waals surface area contributed by atoms with E-state index < -0.39 is 0 Å². The Morgan fingerprint density at radius 3 is 2.69 bits per heavy atom. The van der Waals surface area contributed by atoms with Gasteiger partial charge in [0.2, 0.25) is 0 Å². The molecular formula is C19H23Cl2N3O2. The van der Waals surface area contributed by atoms with E-state index in [-0.39, 0.29) is 5.91 Å². The molecule has 7 heteroatoms. The number of nitrogens with two attached hydrogens (primary N) is 1. The number of halogens is 2. The maximum atomic E-state index is 12.4. The predicted octanol–water partition coefficient (Wildman–Crippen LogP) is 3.84. The van der Waals surface area contributed by atoms with Gasteiger partial charge < -0.3 is 15.8 Å². The molecule has 0 atom stereocenters. The summed E-state index contributed by atoms with van der Waals surface area (Å²) < 4.78 is 5.22. The molecule has 26 heavy (non-hydrogen) atoms. The molecule has 0 bridgehead atoms. The summed E-state index contributed by atoms with van der Waals surface area (Å²) in [6, 6.07) is 10.8. The summed E-state index contributed by atoms with van der Waals surface area (Å²) in [5.74, 6) is 0.151. The molecule has 0 aliphatic carbocycles. The molecule has 2 rings (SSSR count). The number of carbonyl (C=O) groups excluding carboxylic acids is 1. The highest BCUT2D eigenvalue weighted by atomic mass is 35.5. The van der Waals surface area contributed by atoms with Crippen molar-refractivity contribution in [3.8, 4) is 5.75 Å². The van der Waals surface area contributed by atoms with Crippen LogP contribution in [0.5, 0.6) is 5.75 Å². The molecule has 0 radical (unpaired) electrons. The SMILES string of the molecule is CCN(CCNC(=O)c1cc(Cl)c(N)cc1OC)Cc1cccc(Cl)c1. The van der Waals surface area contributed by atoms with Gasteiger partial charge in [0.15, 0.2) is 0 Å². The number of carbonyl (C=O) groups is 1. The van der Waals surface area contributed by atoms with E-state index >= 15 is 0 Å². The third kappa shape index (κ3) is 5.53. The molecule has 2 aromatic rings. The van der Waals surface area contributed by atoms with Gasteiger partial charge in [-0.25, -0.2) is 0 Å². The van der Waals surface area contributed by atoms with Crippen molar-refractivity contribution in [3.63, 3.8) is 0 Å². The molecule has 2 aromatic carbocycles. The Hall–Kier alpha value is -1.95. The molecule has 5 nitrogen and oxygen atoms in total. The lowest BCUT2D eigenvalue weighted by atomic mass is 10.1. The van der Waals surface area contributed by atoms with Gasteiger partial charge >= 0.3 is 0 Å². The zero-order chi connectivity index (χ0) is 19.1. The molecule has 0 heterocycles. The first kappa shape index (κ1) is 20.4. The smallest absolute Gasteiger partial charge is 0.255 e. The van der Waals surface area contributed by atoms with Crippen LogP contribution in [0.4, 0.5) is 5.69 Å². The number of anilines is 1. The van der Waals surface area contributed by atoms with Gasteiger partial charge in [-0.3, -0.25) is 9.69 Å². The van der Waals surface area contributed by atoms with E-state index in [0.717, 1.165) is 23.7 Å². The first-order valence-electron chi connectivity index (χ1n) is 8.32. The van der Waals surface area contributed by atoms with E-state index in [1.54, 1.807) is 6.07 Å². The number of nitrogens with one attached hydrogen (secondary N) is 1. The van der Waals surface area contributed by atoms with Gasteiger partial charge in [0.05, 0.1) is 23.4 Å². The number of nitrogen functional groups attached to an aromatic ring is 1. The summed E-state index contributed by atoms with van der Waals surface area (Å²) >= 11 is 12.0. The molecule has 0 fully saturated rings. The number of likely N-dealkylation sites (N-methyl/N-ethyl adjacent to an activating group) is 1. The van der Waals surface area contributed by atoms with E-state index in [1.807, 2.05) is 24.3 Å². The van der Waals surface area contributed by atoms with Crippen LogP contribution in [0.1, 0.15) is 22.8 Å². The Labute approximate surface area is 164 Å². The second-order valence-electron chi connectivity index (χ2n) is 5.83. The largest absolute Gasteiger partial charge is 0.496 e. The summed E-state index contributed by atoms with van der Waals surface area (Å²) in [5.41, 5.74) is 7.62. The van der Waals surface area contributed by atoms with Crippen LogP contribution < -0.4 is 15.8 Å². The summed E-state index contributed by atoms with van der Waals surface area (Å²) in [7, 11) is 1.49. The first-order chi connectivity index (χ1) is 12.4. The normalized spacial score (nSPS) is 10.8. The number of methoxy groups -OCH3 is 1. The third-order valence-corrected chi connectivity index (χ3v) is 4.58. The zero-order valence-corrected chi connectivity index (χ0v) is 16.4. The maximum absolute atomic E-state index is 12.4. The molecule has 0 unspecified atom stereocenters. The minimum atomic E-state index is -0.248. The molecule has 3 N–H and O–H groups in total. The Kier molecular flexibility index (Phi) is 7.57. The molecular weight excluding hydrogens is 373 g/mol. The van der Waals surface area contributed by atoms with E-state index in [0.29, 0.717) is 35.1 Å². The highest BCUT2D eigenvalue weighted by Gasteiger charge is 2.15. The molecule has 0 saturated carbocycles. The summed E-state index contributed by atoms with van der Waals surface area (Å²) in [6.07, 6.45) is 0. The van der Waals surface area contributed by atoms with Gasteiger partial charge in [0, 0.05) is 30.7 Å². The number of nitrogens with zero attached hydrogens (tertiary/aromatic N) is 1. The van der Waals surface area contributed by atoms with Crippen molar-refractivity contribution in [1.82, 2.24) is 10.2 Å². The van der Waals surface area contributed by atoms with Crippen LogP contribution in [0.15, 0.2) is 36.4 Å². The number of amides is 1. The monoisotopic (exact) mass is 395 g/mol. The summed E-state index contributed by atoms with van der Waals surface area (Å²) in [5, 5.41) is 3.94. The van der Waals surface area contributed by atoms with Gasteiger partial charge in [-0.15, -0.1) is 0 Å². The average Bonchev–Trinajstić information content (AvgIpc) is 2.62. The second-order valence-corrected chi connectivity index (χ2v) is 6.67. The van der Waals surface area contributed by atoms with E-state index in [9.17, 15) is 4.79 Å². The lowest BCUT2D eigenvalue weighted by Crippen LogP contribution is -2.34. The first-order valence-corrected chi connectivity index (χ1v) is 9.08. The molecule has 0 spiro atoms. The Morgan fingerprint density at radius 2 is 2.04 bits per heavy atom. The highest BCUT2D eigenvalue weighted by Crippen LogP contribution is 2.28. The number of hydrogen-bond donors (Lipinski definition) is 2. The molecule has 0 saturated heterocycles. The highest BCUT2D eigenvalue weighted by molar-refractivity contribution is 6.33. The fraction of sp³-hybridized carbons (Fsp3) is 0.316. The van der Waals surface area contributed by atoms with Gasteiger partial charge in [0.1, 0.15) is 5.75 Å². The molecule has 1 amide bonds. The Balaban J connectivity index is 1.93. The van der Waals surface area contributed by atoms with Crippen molar-refractivity contribution in [2.24, 2.45) is 0 Å². The lowest BCUT2D eigenvalue weighted by Gasteiger charge is -2.21. The number of hydrogen-bond acceptors (Lipinski definition) is 4. The lowest BCUT2D eigenvalue weighted by molar-refractivity contribution is 0.0945. The fourth-order valence-corrected chi connectivity index (χ4v) is 2.96. The van der Waals surface area contributed by atoms with E-state index in [4.69, 9.17) is 33.7 Å². The van der Waals surface area contributed by atoms with Gasteiger partial charge in [-0.2, -0.15) is 0 Å². The third-order valence-electron chi connectivity index (χ3n) is 4.02. The quantitative estimate of drug-likeness (QED) is 0.666. The minimum absolute atomic E-state index is 0.248. The van der Waals surface area contributed by atoms with E-state index in [1.165, 1.54) is 13.2 Å². The molecule has 0 aromatic heterocycles. The van der Waals surface area contributed by atoms with Crippen LogP contribution in [0, 0.1) is 0 Å². The number of ether oxygens (including phenoxy) is 1. The fourth-order valence-electron chi connectivity index (χ4n) is 2.58. The topological polar surface area (TPSA) is 67.6 Å². The van der Waals surface area contributed by atoms with Crippen molar-refractivity contribution < 1.29 is 9.53 Å². The van der Waals surface area contributed by atoms with Crippen molar-refractivity contribution in [2.75, 3.05) is 32.5 Å². The van der Waals surface area contributed by atoms with Crippen LogP contribution in [-0.4, -0.2) is 37.6 Å². The van der Waals surface area contributed by atoms with Gasteiger partial charge in [-0.05, 0) is 30.3 Å². The van der Waals surface area contributed by atoms with E-state index in [2.05, 4.69) is 17.1 Å². The molecule has 140 valence electrons. The van der Waals surface area contributed by atoms with Crippen molar-refractivity contribution in [3.05, 3.63) is 57.6 Å². The standard InChI is InChI=1S/C19H23Cl2N3O2/c1-3-24(12-13-5-4-6-14(20)9-13)8-7-23-19(25)15-10-16(21)17(22)11-18(15)26-2/h4-6,9-11H,3,7-8,12,22H2,1-2H3,(H,23,25). The zero-order valence-electron chi connectivity index (χ0n) is 14.9. The number of rotatable bonds is 8. The molecule has 0 aliphatic rings. The summed E-state index contributed by atoms with van der Waals surface area (Å²) in [4.78, 5) is 14.7.